The smallest absolute Gasteiger partial charge is 0.340 e. The molecule has 3 aromatic rings. The number of para-hydroxylation sites is 2. The van der Waals surface area contributed by atoms with Gasteiger partial charge >= 0.3 is 5.97 Å². The highest BCUT2D eigenvalue weighted by molar-refractivity contribution is 6.33. The summed E-state index contributed by atoms with van der Waals surface area (Å²) in [7, 11) is 0. The first-order chi connectivity index (χ1) is 12.1. The molecule has 25 heavy (non-hydrogen) atoms. The van der Waals surface area contributed by atoms with Gasteiger partial charge in [-0.1, -0.05) is 35.9 Å². The summed E-state index contributed by atoms with van der Waals surface area (Å²) in [5.41, 5.74) is 1.47. The zero-order valence-corrected chi connectivity index (χ0v) is 13.6. The number of carbonyl (C=O) groups excluding carboxylic acids is 1. The molecule has 2 N–H and O–H groups in total. The van der Waals surface area contributed by atoms with E-state index in [9.17, 15) is 15.2 Å². The molecule has 1 aromatic heterocycles. The zero-order chi connectivity index (χ0) is 17.8. The first-order valence-corrected chi connectivity index (χ1v) is 7.67. The predicted molar refractivity (Wildman–Crippen MR) is 93.0 cm³/mol. The molecule has 0 bridgehead atoms. The van der Waals surface area contributed by atoms with Crippen LogP contribution in [0.1, 0.15) is 16.2 Å². The third-order valence-electron chi connectivity index (χ3n) is 3.46. The van der Waals surface area contributed by atoms with Crippen LogP contribution in [0.3, 0.4) is 0 Å². The lowest BCUT2D eigenvalue weighted by Crippen LogP contribution is -2.09. The molecule has 0 saturated heterocycles. The van der Waals surface area contributed by atoms with Gasteiger partial charge in [0.15, 0.2) is 11.6 Å². The molecule has 3 rings (SSSR count). The molecule has 0 unspecified atom stereocenters. The van der Waals surface area contributed by atoms with Gasteiger partial charge in [-0.2, -0.15) is 5.26 Å². The molecule has 0 amide bonds. The van der Waals surface area contributed by atoms with Crippen molar-refractivity contribution in [3.8, 4) is 6.07 Å². The number of benzene rings is 2. The van der Waals surface area contributed by atoms with Crippen LogP contribution in [-0.4, -0.2) is 27.7 Å². The molecular weight excluding hydrogens is 342 g/mol. The van der Waals surface area contributed by atoms with E-state index < -0.39 is 18.3 Å². The Hall–Kier alpha value is -3.30. The molecule has 0 spiro atoms. The monoisotopic (exact) mass is 353 g/mol. The number of aromatic amines is 1. The van der Waals surface area contributed by atoms with Crippen molar-refractivity contribution in [2.24, 2.45) is 0 Å². The summed E-state index contributed by atoms with van der Waals surface area (Å²) < 4.78 is 5.03. The number of nitrogens with zero attached hydrogens (tertiary/aromatic N) is 2. The van der Waals surface area contributed by atoms with E-state index in [4.69, 9.17) is 16.3 Å². The largest absolute Gasteiger partial charge is 0.507 e. The lowest BCUT2D eigenvalue weighted by molar-refractivity contribution is 0.0503. The number of aliphatic hydroxyl groups is 1. The number of aliphatic hydroxyl groups excluding tert-OH is 1. The Morgan fingerprint density at radius 1 is 1.24 bits per heavy atom. The van der Waals surface area contributed by atoms with E-state index in [1.54, 1.807) is 30.3 Å². The van der Waals surface area contributed by atoms with Gasteiger partial charge in [-0.3, -0.25) is 0 Å². The minimum Gasteiger partial charge on any atom is -0.507 e. The highest BCUT2D eigenvalue weighted by atomic mass is 35.5. The van der Waals surface area contributed by atoms with E-state index >= 15 is 0 Å². The van der Waals surface area contributed by atoms with Crippen LogP contribution in [-0.2, 0) is 4.74 Å². The van der Waals surface area contributed by atoms with Crippen molar-refractivity contribution >= 4 is 34.2 Å². The van der Waals surface area contributed by atoms with E-state index in [0.717, 1.165) is 5.52 Å². The highest BCUT2D eigenvalue weighted by Crippen LogP contribution is 2.20. The van der Waals surface area contributed by atoms with Crippen molar-refractivity contribution in [1.29, 1.82) is 5.26 Å². The summed E-state index contributed by atoms with van der Waals surface area (Å²) in [6, 6.07) is 15.5. The van der Waals surface area contributed by atoms with Crippen LogP contribution in [0, 0.1) is 11.3 Å². The summed E-state index contributed by atoms with van der Waals surface area (Å²) >= 11 is 5.92. The molecule has 0 fully saturated rings. The summed E-state index contributed by atoms with van der Waals surface area (Å²) in [4.78, 5) is 19.2. The number of H-pyrrole nitrogens is 1. The fraction of sp³-hybridized carbons (Fsp3) is 0.0556. The van der Waals surface area contributed by atoms with Crippen LogP contribution in [0.15, 0.2) is 54.3 Å². The Morgan fingerprint density at radius 2 is 1.96 bits per heavy atom. The maximum Gasteiger partial charge on any atom is 0.340 e. The van der Waals surface area contributed by atoms with Crippen molar-refractivity contribution in [3.05, 3.63) is 70.7 Å². The van der Waals surface area contributed by atoms with Gasteiger partial charge in [0.1, 0.15) is 18.2 Å². The number of hydrogen-bond donors (Lipinski definition) is 2. The minimum atomic E-state index is -0.695. The lowest BCUT2D eigenvalue weighted by Gasteiger charge is -2.06. The van der Waals surface area contributed by atoms with Crippen LogP contribution in [0.5, 0.6) is 0 Å². The third-order valence-corrected chi connectivity index (χ3v) is 3.79. The van der Waals surface area contributed by atoms with Gasteiger partial charge in [0, 0.05) is 0 Å². The van der Waals surface area contributed by atoms with E-state index in [2.05, 4.69) is 9.97 Å². The zero-order valence-electron chi connectivity index (χ0n) is 12.9. The molecule has 0 atom stereocenters. The molecule has 2 aromatic carbocycles. The Bertz CT molecular complexity index is 985. The standard InChI is InChI=1S/C18H12ClN3O3/c19-13-6-2-1-5-11(13)18(24)25-10-16(23)12(9-20)17-21-14-7-3-4-8-15(14)22-17/h1-8,23H,10H2,(H,21,22). The van der Waals surface area contributed by atoms with Crippen molar-refractivity contribution in [1.82, 2.24) is 9.97 Å². The van der Waals surface area contributed by atoms with Crippen molar-refractivity contribution in [2.45, 2.75) is 0 Å². The summed E-state index contributed by atoms with van der Waals surface area (Å²) in [6.07, 6.45) is 0. The Kier molecular flexibility index (Phi) is 4.68. The number of esters is 1. The first kappa shape index (κ1) is 16.6. The second-order valence-corrected chi connectivity index (χ2v) is 5.50. The normalized spacial score (nSPS) is 11.7. The number of nitrogens with one attached hydrogen (secondary N) is 1. The van der Waals surface area contributed by atoms with Gasteiger partial charge in [-0.25, -0.2) is 9.78 Å². The molecule has 0 saturated carbocycles. The van der Waals surface area contributed by atoms with Gasteiger partial charge in [-0.05, 0) is 24.3 Å². The van der Waals surface area contributed by atoms with Gasteiger partial charge in [-0.15, -0.1) is 0 Å². The van der Waals surface area contributed by atoms with E-state index in [1.807, 2.05) is 18.2 Å². The topological polar surface area (TPSA) is 99.0 Å². The van der Waals surface area contributed by atoms with Crippen molar-refractivity contribution in [2.75, 3.05) is 6.61 Å². The van der Waals surface area contributed by atoms with Crippen molar-refractivity contribution < 1.29 is 14.6 Å². The van der Waals surface area contributed by atoms with Crippen LogP contribution in [0.4, 0.5) is 0 Å². The number of imidazole rings is 1. The number of allylic oxidation sites excluding steroid dienone is 1. The van der Waals surface area contributed by atoms with E-state index in [1.165, 1.54) is 6.07 Å². The Morgan fingerprint density at radius 3 is 2.68 bits per heavy atom. The molecule has 6 nitrogen and oxygen atoms in total. The fourth-order valence-corrected chi connectivity index (χ4v) is 2.45. The molecule has 0 aliphatic heterocycles. The number of halogens is 1. The van der Waals surface area contributed by atoms with Gasteiger partial charge in [0.25, 0.3) is 0 Å². The van der Waals surface area contributed by atoms with E-state index in [0.29, 0.717) is 5.52 Å². The molecular formula is C18H12ClN3O3. The number of hydrogen-bond acceptors (Lipinski definition) is 5. The van der Waals surface area contributed by atoms with Crippen LogP contribution in [0.25, 0.3) is 16.6 Å². The van der Waals surface area contributed by atoms with Crippen LogP contribution in [0.2, 0.25) is 5.02 Å². The molecule has 0 aliphatic carbocycles. The number of carbonyl (C=O) groups is 1. The Balaban J connectivity index is 1.81. The Labute approximate surface area is 147 Å². The molecule has 7 heteroatoms. The first-order valence-electron chi connectivity index (χ1n) is 7.29. The number of ether oxygens (including phenoxy) is 1. The second kappa shape index (κ2) is 7.07. The second-order valence-electron chi connectivity index (χ2n) is 5.09. The minimum absolute atomic E-state index is 0.0943. The number of rotatable bonds is 4. The summed E-state index contributed by atoms with van der Waals surface area (Å²) in [5.74, 6) is -0.893. The number of nitriles is 1. The molecule has 0 radical (unpaired) electrons. The lowest BCUT2D eigenvalue weighted by atomic mass is 10.2. The van der Waals surface area contributed by atoms with Gasteiger partial charge in [0.05, 0.1) is 21.6 Å². The molecule has 0 aliphatic rings. The van der Waals surface area contributed by atoms with Crippen LogP contribution < -0.4 is 0 Å². The number of aromatic nitrogens is 2. The predicted octanol–water partition coefficient (Wildman–Crippen LogP) is 3.87. The van der Waals surface area contributed by atoms with Crippen molar-refractivity contribution in [3.63, 3.8) is 0 Å². The SMILES string of the molecule is N#CC(=C(O)COC(=O)c1ccccc1Cl)c1nc2ccccc2[nH]1. The summed E-state index contributed by atoms with van der Waals surface area (Å²) in [5, 5.41) is 19.7. The van der Waals surface area contributed by atoms with Crippen LogP contribution >= 0.6 is 11.6 Å². The number of fused-ring (bicyclic) bond motifs is 1. The molecule has 124 valence electrons. The van der Waals surface area contributed by atoms with Gasteiger partial charge in [0.2, 0.25) is 0 Å². The fourth-order valence-electron chi connectivity index (χ4n) is 2.24. The summed E-state index contributed by atoms with van der Waals surface area (Å²) in [6.45, 7) is -0.468. The average molecular weight is 354 g/mol. The van der Waals surface area contributed by atoms with Gasteiger partial charge < -0.3 is 14.8 Å². The highest BCUT2D eigenvalue weighted by Gasteiger charge is 2.16. The average Bonchev–Trinajstić information content (AvgIpc) is 3.04. The molecule has 1 heterocycles. The maximum absolute atomic E-state index is 12.0. The quantitative estimate of drug-likeness (QED) is 0.421. The third kappa shape index (κ3) is 3.47. The maximum atomic E-state index is 12.0. The van der Waals surface area contributed by atoms with E-state index in [-0.39, 0.29) is 22.0 Å².